The van der Waals surface area contributed by atoms with Crippen molar-refractivity contribution >= 4 is 33.0 Å². The number of piperazine rings is 1. The molecule has 0 aromatic heterocycles. The molecule has 0 aliphatic carbocycles. The lowest BCUT2D eigenvalue weighted by atomic mass is 10.1. The minimum absolute atomic E-state index is 0.304. The van der Waals surface area contributed by atoms with Crippen molar-refractivity contribution in [2.45, 2.75) is 4.90 Å². The van der Waals surface area contributed by atoms with Crippen molar-refractivity contribution in [1.29, 1.82) is 4.78 Å². The molecule has 0 radical (unpaired) electrons. The smallest absolute Gasteiger partial charge is 0.153 e. The highest BCUT2D eigenvalue weighted by atomic mass is 35.5. The van der Waals surface area contributed by atoms with E-state index in [4.69, 9.17) is 26.1 Å². The highest BCUT2D eigenvalue weighted by Gasteiger charge is 2.30. The molecule has 3 aromatic rings. The molecule has 9 heteroatoms. The molecule has 0 saturated carbocycles. The number of nitrogens with one attached hydrogen (secondary N) is 1. The molecule has 0 amide bonds. The van der Waals surface area contributed by atoms with E-state index in [0.717, 1.165) is 11.4 Å². The summed E-state index contributed by atoms with van der Waals surface area (Å²) in [5.74, 6) is 1.64. The number of para-hydroxylation sites is 2. The molecule has 2 aliphatic rings. The largest absolute Gasteiger partial charge is 0.454 e. The molecule has 1 unspecified atom stereocenters. The molecule has 2 heterocycles. The lowest BCUT2D eigenvalue weighted by molar-refractivity contribution is 0.272. The number of nitrogens with zero attached hydrogens (tertiary/aromatic N) is 3. The third kappa shape index (κ3) is 3.85. The monoisotopic (exact) mass is 470 g/mol. The summed E-state index contributed by atoms with van der Waals surface area (Å²) >= 11 is 6.28. The highest BCUT2D eigenvalue weighted by molar-refractivity contribution is 7.90. The Kier molecular flexibility index (Phi) is 5.36. The maximum atomic E-state index is 13.3. The molecule has 5 rings (SSSR count). The predicted octanol–water partition coefficient (Wildman–Crippen LogP) is 5.30. The predicted molar refractivity (Wildman–Crippen MR) is 123 cm³/mol. The first-order valence-corrected chi connectivity index (χ1v) is 12.0. The van der Waals surface area contributed by atoms with Crippen LogP contribution in [0.3, 0.4) is 0 Å². The SMILES string of the molecule is N=S(=O)(c1ccc(F)cc1)N1CCN(C2=Nc3ccccc3Oc3ccc(Cl)cc32)CC1. The maximum absolute atomic E-state index is 13.3. The minimum Gasteiger partial charge on any atom is -0.454 e. The molecule has 2 aliphatic heterocycles. The zero-order chi connectivity index (χ0) is 22.3. The Labute approximate surface area is 191 Å². The van der Waals surface area contributed by atoms with E-state index in [1.165, 1.54) is 24.3 Å². The number of benzene rings is 3. The first-order valence-electron chi connectivity index (χ1n) is 10.1. The van der Waals surface area contributed by atoms with E-state index < -0.39 is 15.7 Å². The van der Waals surface area contributed by atoms with Gasteiger partial charge in [-0.15, -0.1) is 0 Å². The second-order valence-corrected chi connectivity index (χ2v) is 10.0. The van der Waals surface area contributed by atoms with Crippen LogP contribution in [0.2, 0.25) is 5.02 Å². The average molecular weight is 471 g/mol. The van der Waals surface area contributed by atoms with E-state index in [9.17, 15) is 8.60 Å². The quantitative estimate of drug-likeness (QED) is 0.552. The zero-order valence-electron chi connectivity index (χ0n) is 17.0. The maximum Gasteiger partial charge on any atom is 0.153 e. The van der Waals surface area contributed by atoms with Gasteiger partial charge in [0.1, 0.15) is 33.0 Å². The van der Waals surface area contributed by atoms with Gasteiger partial charge in [-0.2, -0.15) is 0 Å². The fourth-order valence-electron chi connectivity index (χ4n) is 3.86. The number of ether oxygens (including phenoxy) is 1. The van der Waals surface area contributed by atoms with Crippen LogP contribution in [0.5, 0.6) is 11.5 Å². The second kappa shape index (κ2) is 8.20. The third-order valence-corrected chi connectivity index (χ3v) is 7.77. The van der Waals surface area contributed by atoms with Gasteiger partial charge in [0, 0.05) is 31.2 Å². The van der Waals surface area contributed by atoms with Gasteiger partial charge in [-0.25, -0.2) is 22.7 Å². The number of halogens is 2. The Morgan fingerprint density at radius 1 is 0.969 bits per heavy atom. The van der Waals surface area contributed by atoms with Crippen molar-refractivity contribution in [2.24, 2.45) is 4.99 Å². The summed E-state index contributed by atoms with van der Waals surface area (Å²) in [6.07, 6.45) is 0. The number of aliphatic imine (C=N–C) groups is 1. The lowest BCUT2D eigenvalue weighted by Crippen LogP contribution is -2.50. The van der Waals surface area contributed by atoms with Crippen LogP contribution >= 0.6 is 11.6 Å². The van der Waals surface area contributed by atoms with E-state index in [-0.39, 0.29) is 0 Å². The Hall–Kier alpha value is -2.94. The van der Waals surface area contributed by atoms with Gasteiger partial charge in [-0.3, -0.25) is 0 Å². The van der Waals surface area contributed by atoms with E-state index >= 15 is 0 Å². The summed E-state index contributed by atoms with van der Waals surface area (Å²) in [7, 11) is -3.20. The van der Waals surface area contributed by atoms with E-state index in [2.05, 4.69) is 4.90 Å². The Bertz CT molecular complexity index is 1300. The molecule has 6 nitrogen and oxygen atoms in total. The molecule has 32 heavy (non-hydrogen) atoms. The van der Waals surface area contributed by atoms with Crippen LogP contribution < -0.4 is 4.74 Å². The third-order valence-electron chi connectivity index (χ3n) is 5.53. The lowest BCUT2D eigenvalue weighted by Gasteiger charge is -2.37. The first-order chi connectivity index (χ1) is 15.4. The van der Waals surface area contributed by atoms with Crippen molar-refractivity contribution < 1.29 is 13.3 Å². The summed E-state index contributed by atoms with van der Waals surface area (Å²) in [5, 5.41) is 0.579. The van der Waals surface area contributed by atoms with Crippen molar-refractivity contribution in [3.8, 4) is 11.5 Å². The Morgan fingerprint density at radius 2 is 1.69 bits per heavy atom. The van der Waals surface area contributed by atoms with Gasteiger partial charge in [0.15, 0.2) is 5.75 Å². The van der Waals surface area contributed by atoms with E-state index in [1.54, 1.807) is 10.4 Å². The van der Waals surface area contributed by atoms with Gasteiger partial charge in [-0.05, 0) is 54.6 Å². The molecule has 1 saturated heterocycles. The van der Waals surface area contributed by atoms with E-state index in [1.807, 2.05) is 36.4 Å². The molecule has 1 atom stereocenters. The van der Waals surface area contributed by atoms with Crippen molar-refractivity contribution in [2.75, 3.05) is 26.2 Å². The summed E-state index contributed by atoms with van der Waals surface area (Å²) < 4.78 is 42.6. The van der Waals surface area contributed by atoms with Crippen LogP contribution in [-0.4, -0.2) is 45.4 Å². The van der Waals surface area contributed by atoms with Crippen LogP contribution in [-0.2, 0) is 9.92 Å². The van der Waals surface area contributed by atoms with Crippen molar-refractivity contribution in [3.63, 3.8) is 0 Å². The van der Waals surface area contributed by atoms with Crippen molar-refractivity contribution in [1.82, 2.24) is 9.21 Å². The van der Waals surface area contributed by atoms with Gasteiger partial charge in [0.05, 0.1) is 10.5 Å². The molecule has 1 N–H and O–H groups in total. The summed E-state index contributed by atoms with van der Waals surface area (Å²) in [6, 6.07) is 18.3. The summed E-state index contributed by atoms with van der Waals surface area (Å²) in [6.45, 7) is 1.84. The van der Waals surface area contributed by atoms with Crippen LogP contribution in [0.1, 0.15) is 5.56 Å². The van der Waals surface area contributed by atoms with Crippen LogP contribution in [0.4, 0.5) is 10.1 Å². The number of amidine groups is 1. The van der Waals surface area contributed by atoms with Crippen LogP contribution in [0.15, 0.2) is 76.6 Å². The second-order valence-electron chi connectivity index (χ2n) is 7.54. The van der Waals surface area contributed by atoms with Crippen LogP contribution in [0.25, 0.3) is 0 Å². The Balaban J connectivity index is 1.44. The van der Waals surface area contributed by atoms with Crippen molar-refractivity contribution in [3.05, 3.63) is 83.1 Å². The van der Waals surface area contributed by atoms with Gasteiger partial charge in [0.25, 0.3) is 0 Å². The normalized spacial score (nSPS) is 17.9. The van der Waals surface area contributed by atoms with E-state index in [0.29, 0.717) is 53.3 Å². The zero-order valence-corrected chi connectivity index (χ0v) is 18.6. The van der Waals surface area contributed by atoms with Crippen LogP contribution in [0, 0.1) is 10.6 Å². The minimum atomic E-state index is -3.20. The Morgan fingerprint density at radius 3 is 2.44 bits per heavy atom. The van der Waals surface area contributed by atoms with Gasteiger partial charge in [0.2, 0.25) is 0 Å². The standard InChI is InChI=1S/C23H20ClFN4O2S/c24-16-5-10-21-19(15-16)23(27-20-3-1-2-4-22(20)31-21)28-11-13-29(14-12-28)32(26,30)18-8-6-17(25)7-9-18/h1-10,15,26H,11-14H2. The summed E-state index contributed by atoms with van der Waals surface area (Å²) in [4.78, 5) is 7.28. The number of rotatable bonds is 2. The fourth-order valence-corrected chi connectivity index (χ4v) is 5.51. The molecule has 164 valence electrons. The molecule has 3 aromatic carbocycles. The number of hydrogen-bond donors (Lipinski definition) is 1. The highest BCUT2D eigenvalue weighted by Crippen LogP contribution is 2.39. The molecular formula is C23H20ClFN4O2S. The molecular weight excluding hydrogens is 451 g/mol. The first kappa shape index (κ1) is 20.9. The number of fused-ring (bicyclic) bond motifs is 2. The topological polar surface area (TPSA) is 69.0 Å². The molecule has 1 fully saturated rings. The fraction of sp³-hybridized carbons (Fsp3) is 0.174. The van der Waals surface area contributed by atoms with Gasteiger partial charge >= 0.3 is 0 Å². The van der Waals surface area contributed by atoms with Gasteiger partial charge in [-0.1, -0.05) is 23.7 Å². The molecule has 0 bridgehead atoms. The summed E-state index contributed by atoms with van der Waals surface area (Å²) in [5.41, 5.74) is 1.50. The average Bonchev–Trinajstić information content (AvgIpc) is 2.96. The number of hydrogen-bond acceptors (Lipinski definition) is 5. The van der Waals surface area contributed by atoms with Gasteiger partial charge < -0.3 is 9.64 Å². The molecule has 0 spiro atoms.